The predicted molar refractivity (Wildman–Crippen MR) is 104 cm³/mol. The van der Waals surface area contributed by atoms with E-state index in [0.717, 1.165) is 20.5 Å². The molecule has 2 aromatic rings. The molecule has 0 heterocycles. The predicted octanol–water partition coefficient (Wildman–Crippen LogP) is 3.86. The summed E-state index contributed by atoms with van der Waals surface area (Å²) in [4.78, 5) is 11.9. The fraction of sp³-hybridized carbons (Fsp3) is 0.222. The van der Waals surface area contributed by atoms with Crippen LogP contribution in [0, 0.1) is 17.4 Å². The van der Waals surface area contributed by atoms with Gasteiger partial charge in [-0.1, -0.05) is 12.1 Å². The van der Waals surface area contributed by atoms with Crippen molar-refractivity contribution in [3.63, 3.8) is 0 Å². The lowest BCUT2D eigenvalue weighted by atomic mass is 10.0. The Balaban J connectivity index is 1.89. The van der Waals surface area contributed by atoms with Crippen LogP contribution in [0.3, 0.4) is 0 Å². The molecule has 120 valence electrons. The highest BCUT2D eigenvalue weighted by atomic mass is 127. The van der Waals surface area contributed by atoms with Gasteiger partial charge in [0.05, 0.1) is 12.3 Å². The van der Waals surface area contributed by atoms with Crippen LogP contribution in [0.1, 0.15) is 23.6 Å². The number of nitrogens with zero attached hydrogens (tertiary/aromatic N) is 1. The molecule has 2 rings (SSSR count). The first-order chi connectivity index (χ1) is 11.0. The summed E-state index contributed by atoms with van der Waals surface area (Å²) in [5.41, 5.74) is 7.75. The molecular weight excluding hydrogens is 401 g/mol. The first kappa shape index (κ1) is 17.5. The van der Waals surface area contributed by atoms with Gasteiger partial charge in [-0.2, -0.15) is 5.10 Å². The van der Waals surface area contributed by atoms with Crippen LogP contribution in [-0.4, -0.2) is 18.2 Å². The van der Waals surface area contributed by atoms with E-state index < -0.39 is 0 Å². The van der Waals surface area contributed by atoms with Crippen molar-refractivity contribution in [3.05, 3.63) is 62.7 Å². The average Bonchev–Trinajstić information content (AvgIpc) is 2.54. The van der Waals surface area contributed by atoms with Crippen LogP contribution in [-0.2, 0) is 4.79 Å². The minimum atomic E-state index is -0.174. The minimum Gasteiger partial charge on any atom is -0.376 e. The van der Waals surface area contributed by atoms with E-state index in [4.69, 9.17) is 0 Å². The summed E-state index contributed by atoms with van der Waals surface area (Å²) >= 11 is 2.24. The highest BCUT2D eigenvalue weighted by molar-refractivity contribution is 14.1. The van der Waals surface area contributed by atoms with Crippen molar-refractivity contribution in [3.8, 4) is 0 Å². The van der Waals surface area contributed by atoms with Crippen molar-refractivity contribution in [2.45, 2.75) is 20.8 Å². The molecule has 2 N–H and O–H groups in total. The van der Waals surface area contributed by atoms with Crippen molar-refractivity contribution in [2.75, 3.05) is 11.9 Å². The number of carbonyl (C=O) groups is 1. The van der Waals surface area contributed by atoms with E-state index in [0.29, 0.717) is 0 Å². The van der Waals surface area contributed by atoms with Crippen molar-refractivity contribution in [1.29, 1.82) is 0 Å². The number of benzene rings is 2. The number of hydrazone groups is 1. The Kier molecular flexibility index (Phi) is 6.15. The molecular formula is C18H20IN3O. The maximum absolute atomic E-state index is 11.9. The summed E-state index contributed by atoms with van der Waals surface area (Å²) in [5, 5.41) is 7.23. The maximum atomic E-state index is 11.9. The van der Waals surface area contributed by atoms with Crippen LogP contribution in [0.25, 0.3) is 0 Å². The molecule has 2 aromatic carbocycles. The van der Waals surface area contributed by atoms with Crippen LogP contribution >= 0.6 is 22.6 Å². The normalized spacial score (nSPS) is 11.2. The summed E-state index contributed by atoms with van der Waals surface area (Å²) in [6.45, 7) is 6.21. The van der Waals surface area contributed by atoms with Crippen LogP contribution in [0.15, 0.2) is 47.6 Å². The lowest BCUT2D eigenvalue weighted by molar-refractivity contribution is -0.119. The molecule has 0 aromatic heterocycles. The summed E-state index contributed by atoms with van der Waals surface area (Å²) in [5.74, 6) is -0.174. The van der Waals surface area contributed by atoms with Crippen LogP contribution < -0.4 is 10.7 Å². The highest BCUT2D eigenvalue weighted by Gasteiger charge is 2.03. The molecule has 0 saturated carbocycles. The van der Waals surface area contributed by atoms with E-state index in [1.807, 2.05) is 37.3 Å². The molecule has 1 amide bonds. The molecule has 0 saturated heterocycles. The highest BCUT2D eigenvalue weighted by Crippen LogP contribution is 2.11. The molecule has 5 heteroatoms. The zero-order chi connectivity index (χ0) is 16.8. The van der Waals surface area contributed by atoms with Gasteiger partial charge >= 0.3 is 0 Å². The Hall–Kier alpha value is -1.89. The molecule has 0 aliphatic carbocycles. The van der Waals surface area contributed by atoms with E-state index in [1.165, 1.54) is 11.1 Å². The number of hydrogen-bond donors (Lipinski definition) is 2. The number of aryl methyl sites for hydroxylation is 2. The average molecular weight is 421 g/mol. The second-order valence-corrected chi connectivity index (χ2v) is 6.64. The first-order valence-corrected chi connectivity index (χ1v) is 8.44. The number of halogens is 1. The van der Waals surface area contributed by atoms with Crippen molar-refractivity contribution in [2.24, 2.45) is 5.10 Å². The fourth-order valence-electron chi connectivity index (χ4n) is 1.97. The van der Waals surface area contributed by atoms with E-state index >= 15 is 0 Å². The van der Waals surface area contributed by atoms with Gasteiger partial charge in [0.1, 0.15) is 0 Å². The Morgan fingerprint density at radius 1 is 1.09 bits per heavy atom. The summed E-state index contributed by atoms with van der Waals surface area (Å²) in [6, 6.07) is 14.0. The Morgan fingerprint density at radius 3 is 2.43 bits per heavy atom. The van der Waals surface area contributed by atoms with Crippen LogP contribution in [0.4, 0.5) is 5.69 Å². The van der Waals surface area contributed by atoms with Crippen LogP contribution in [0.5, 0.6) is 0 Å². The summed E-state index contributed by atoms with van der Waals surface area (Å²) < 4.78 is 1.16. The number of rotatable bonds is 5. The number of carbonyl (C=O) groups excluding carboxylic acids is 1. The van der Waals surface area contributed by atoms with E-state index in [-0.39, 0.29) is 12.5 Å². The molecule has 0 aliphatic heterocycles. The molecule has 23 heavy (non-hydrogen) atoms. The second kappa shape index (κ2) is 8.10. The van der Waals surface area contributed by atoms with Gasteiger partial charge in [-0.3, -0.25) is 4.79 Å². The van der Waals surface area contributed by atoms with Gasteiger partial charge in [0.25, 0.3) is 5.91 Å². The topological polar surface area (TPSA) is 53.5 Å². The molecule has 0 fully saturated rings. The number of amides is 1. The number of nitrogens with one attached hydrogen (secondary N) is 2. The summed E-state index contributed by atoms with van der Waals surface area (Å²) in [7, 11) is 0. The van der Waals surface area contributed by atoms with Crippen LogP contribution in [0.2, 0.25) is 0 Å². The van der Waals surface area contributed by atoms with Gasteiger partial charge in [-0.05, 0) is 90.4 Å². The van der Waals surface area contributed by atoms with Crippen molar-refractivity contribution < 1.29 is 4.79 Å². The zero-order valence-corrected chi connectivity index (χ0v) is 15.6. The van der Waals surface area contributed by atoms with Crippen molar-refractivity contribution >= 4 is 39.9 Å². The number of hydrogen-bond acceptors (Lipinski definition) is 3. The smallest absolute Gasteiger partial charge is 0.259 e. The molecule has 4 nitrogen and oxygen atoms in total. The van der Waals surface area contributed by atoms with E-state index in [9.17, 15) is 4.79 Å². The van der Waals surface area contributed by atoms with Gasteiger partial charge in [0, 0.05) is 9.26 Å². The number of anilines is 1. The van der Waals surface area contributed by atoms with Gasteiger partial charge < -0.3 is 5.32 Å². The molecule has 0 unspecified atom stereocenters. The fourth-order valence-corrected chi connectivity index (χ4v) is 2.33. The second-order valence-electron chi connectivity index (χ2n) is 5.39. The Morgan fingerprint density at radius 2 is 1.78 bits per heavy atom. The first-order valence-electron chi connectivity index (χ1n) is 7.36. The monoisotopic (exact) mass is 421 g/mol. The SMILES string of the molecule is C/C(=N/NC(=O)CNc1ccc(I)cc1)c1ccc(C)c(C)c1. The lowest BCUT2D eigenvalue weighted by Crippen LogP contribution is -2.26. The molecule has 0 bridgehead atoms. The van der Waals surface area contributed by atoms with Gasteiger partial charge in [0.2, 0.25) is 0 Å². The van der Waals surface area contributed by atoms with Gasteiger partial charge in [-0.25, -0.2) is 5.43 Å². The third-order valence-electron chi connectivity index (χ3n) is 3.57. The maximum Gasteiger partial charge on any atom is 0.259 e. The van der Waals surface area contributed by atoms with Crippen molar-refractivity contribution in [1.82, 2.24) is 5.43 Å². The molecule has 0 aliphatic rings. The third-order valence-corrected chi connectivity index (χ3v) is 4.29. The van der Waals surface area contributed by atoms with E-state index in [1.54, 1.807) is 0 Å². The molecule has 0 spiro atoms. The molecule has 0 radical (unpaired) electrons. The zero-order valence-electron chi connectivity index (χ0n) is 13.5. The minimum absolute atomic E-state index is 0.174. The third kappa shape index (κ3) is 5.35. The lowest BCUT2D eigenvalue weighted by Gasteiger charge is -2.07. The quantitative estimate of drug-likeness (QED) is 0.438. The Labute approximate surface area is 150 Å². The largest absolute Gasteiger partial charge is 0.376 e. The van der Waals surface area contributed by atoms with E-state index in [2.05, 4.69) is 64.4 Å². The molecule has 0 atom stereocenters. The summed E-state index contributed by atoms with van der Waals surface area (Å²) in [6.07, 6.45) is 0. The van der Waals surface area contributed by atoms with Gasteiger partial charge in [-0.15, -0.1) is 0 Å². The standard InChI is InChI=1S/C18H20IN3O/c1-12-4-5-15(10-13(12)2)14(3)21-22-18(23)11-20-17-8-6-16(19)7-9-17/h4-10,20H,11H2,1-3H3,(H,22,23)/b21-14-. The Bertz CT molecular complexity index is 724. The van der Waals surface area contributed by atoms with Gasteiger partial charge in [0.15, 0.2) is 0 Å².